The molecule has 0 aliphatic rings. The summed E-state index contributed by atoms with van der Waals surface area (Å²) >= 11 is 0. The third-order valence-electron chi connectivity index (χ3n) is 4.16. The quantitative estimate of drug-likeness (QED) is 0.229. The SMILES string of the molecule is CCNC(=NCC(C)(O)c1ccc(C)o1)NCC(NC(=O)OC(C)(C)C)C(C)C.I. The minimum Gasteiger partial charge on any atom is -0.463 e. The summed E-state index contributed by atoms with van der Waals surface area (Å²) < 4.78 is 10.9. The Hall–Kier alpha value is -1.49. The summed E-state index contributed by atoms with van der Waals surface area (Å²) in [6.45, 7) is 16.3. The Labute approximate surface area is 197 Å². The van der Waals surface area contributed by atoms with E-state index in [1.165, 1.54) is 0 Å². The van der Waals surface area contributed by atoms with Crippen molar-refractivity contribution >= 4 is 36.0 Å². The highest BCUT2D eigenvalue weighted by atomic mass is 127. The van der Waals surface area contributed by atoms with Crippen LogP contribution in [0.15, 0.2) is 21.5 Å². The van der Waals surface area contributed by atoms with E-state index in [1.807, 2.05) is 54.5 Å². The maximum atomic E-state index is 12.1. The van der Waals surface area contributed by atoms with E-state index in [2.05, 4.69) is 20.9 Å². The Balaban J connectivity index is 0.00000841. The second-order valence-electron chi connectivity index (χ2n) is 8.76. The van der Waals surface area contributed by atoms with Gasteiger partial charge in [0.1, 0.15) is 22.7 Å². The van der Waals surface area contributed by atoms with Crippen LogP contribution in [0.3, 0.4) is 0 Å². The molecule has 30 heavy (non-hydrogen) atoms. The van der Waals surface area contributed by atoms with Crippen molar-refractivity contribution in [2.45, 2.75) is 72.6 Å². The molecule has 0 aromatic carbocycles. The van der Waals surface area contributed by atoms with Crippen LogP contribution in [0.5, 0.6) is 0 Å². The summed E-state index contributed by atoms with van der Waals surface area (Å²) in [6.07, 6.45) is -0.448. The third kappa shape index (κ3) is 10.5. The Kier molecular flexibility index (Phi) is 11.8. The average molecular weight is 538 g/mol. The molecule has 1 heterocycles. The molecule has 9 heteroatoms. The van der Waals surface area contributed by atoms with Crippen molar-refractivity contribution in [3.05, 3.63) is 23.7 Å². The standard InChI is InChI=1S/C21H38N4O4.HI/c1-9-22-18(24-13-21(8,27)17-11-10-15(4)28-17)23-12-16(14(2)3)25-19(26)29-20(5,6)7;/h10-11,14,16,27H,9,12-13H2,1-8H3,(H,25,26)(H2,22,23,24);1H. The lowest BCUT2D eigenvalue weighted by molar-refractivity contribution is 0.0428. The van der Waals surface area contributed by atoms with E-state index >= 15 is 0 Å². The Bertz CT molecular complexity index is 681. The van der Waals surface area contributed by atoms with Crippen LogP contribution in [0, 0.1) is 12.8 Å². The first-order valence-corrected chi connectivity index (χ1v) is 10.1. The van der Waals surface area contributed by atoms with Gasteiger partial charge in [-0.15, -0.1) is 24.0 Å². The molecule has 1 aromatic rings. The summed E-state index contributed by atoms with van der Waals surface area (Å²) in [5.41, 5.74) is -1.77. The van der Waals surface area contributed by atoms with Gasteiger partial charge in [-0.05, 0) is 59.6 Å². The number of aliphatic imine (C=N–C) groups is 1. The lowest BCUT2D eigenvalue weighted by Crippen LogP contribution is -2.50. The largest absolute Gasteiger partial charge is 0.463 e. The van der Waals surface area contributed by atoms with E-state index in [9.17, 15) is 9.90 Å². The van der Waals surface area contributed by atoms with Crippen molar-refractivity contribution in [2.75, 3.05) is 19.6 Å². The zero-order valence-electron chi connectivity index (χ0n) is 19.5. The van der Waals surface area contributed by atoms with Gasteiger partial charge in [0, 0.05) is 13.1 Å². The first-order valence-electron chi connectivity index (χ1n) is 10.1. The Morgan fingerprint density at radius 2 is 1.87 bits per heavy atom. The molecule has 0 aliphatic carbocycles. The summed E-state index contributed by atoms with van der Waals surface area (Å²) in [6, 6.07) is 3.42. The molecular formula is C21H39IN4O4. The van der Waals surface area contributed by atoms with Gasteiger partial charge in [-0.1, -0.05) is 13.8 Å². The van der Waals surface area contributed by atoms with Gasteiger partial charge in [-0.3, -0.25) is 0 Å². The molecule has 0 aliphatic heterocycles. The van der Waals surface area contributed by atoms with Crippen molar-refractivity contribution in [2.24, 2.45) is 10.9 Å². The van der Waals surface area contributed by atoms with E-state index in [4.69, 9.17) is 9.15 Å². The van der Waals surface area contributed by atoms with Gasteiger partial charge in [-0.25, -0.2) is 9.79 Å². The number of rotatable bonds is 8. The van der Waals surface area contributed by atoms with Crippen LogP contribution in [0.1, 0.15) is 60.0 Å². The minimum absolute atomic E-state index is 0. The fraction of sp³-hybridized carbons (Fsp3) is 0.714. The number of aliphatic hydroxyl groups is 1. The Morgan fingerprint density at radius 1 is 1.23 bits per heavy atom. The number of amides is 1. The highest BCUT2D eigenvalue weighted by Crippen LogP contribution is 2.23. The minimum atomic E-state index is -1.22. The van der Waals surface area contributed by atoms with Crippen LogP contribution in [0.25, 0.3) is 0 Å². The van der Waals surface area contributed by atoms with Crippen LogP contribution in [-0.2, 0) is 10.3 Å². The van der Waals surface area contributed by atoms with E-state index in [0.29, 0.717) is 24.8 Å². The van der Waals surface area contributed by atoms with Crippen LogP contribution in [0.4, 0.5) is 4.79 Å². The third-order valence-corrected chi connectivity index (χ3v) is 4.16. The summed E-state index contributed by atoms with van der Waals surface area (Å²) in [7, 11) is 0. The zero-order valence-corrected chi connectivity index (χ0v) is 21.8. The number of ether oxygens (including phenoxy) is 1. The maximum absolute atomic E-state index is 12.1. The first-order chi connectivity index (χ1) is 13.3. The van der Waals surface area contributed by atoms with Crippen molar-refractivity contribution in [1.82, 2.24) is 16.0 Å². The molecule has 2 unspecified atom stereocenters. The maximum Gasteiger partial charge on any atom is 0.407 e. The van der Waals surface area contributed by atoms with Crippen molar-refractivity contribution < 1.29 is 19.1 Å². The first kappa shape index (κ1) is 28.5. The lowest BCUT2D eigenvalue weighted by Gasteiger charge is -2.27. The average Bonchev–Trinajstić information content (AvgIpc) is 3.01. The molecule has 1 aromatic heterocycles. The number of nitrogens with zero attached hydrogens (tertiary/aromatic N) is 1. The number of aryl methyl sites for hydroxylation is 1. The van der Waals surface area contributed by atoms with E-state index in [-0.39, 0.29) is 42.5 Å². The topological polar surface area (TPSA) is 108 Å². The van der Waals surface area contributed by atoms with E-state index < -0.39 is 17.3 Å². The van der Waals surface area contributed by atoms with Gasteiger partial charge in [0.2, 0.25) is 0 Å². The number of nitrogens with one attached hydrogen (secondary N) is 3. The summed E-state index contributed by atoms with van der Waals surface area (Å²) in [4.78, 5) is 16.6. The van der Waals surface area contributed by atoms with Gasteiger partial charge in [-0.2, -0.15) is 0 Å². The summed E-state index contributed by atoms with van der Waals surface area (Å²) in [5, 5.41) is 20.0. The van der Waals surface area contributed by atoms with Crippen molar-refractivity contribution in [3.63, 3.8) is 0 Å². The van der Waals surface area contributed by atoms with Gasteiger partial charge < -0.3 is 30.2 Å². The Morgan fingerprint density at radius 3 is 2.33 bits per heavy atom. The van der Waals surface area contributed by atoms with Crippen LogP contribution >= 0.6 is 24.0 Å². The fourth-order valence-electron chi connectivity index (χ4n) is 2.50. The van der Waals surface area contributed by atoms with E-state index in [1.54, 1.807) is 13.0 Å². The van der Waals surface area contributed by atoms with E-state index in [0.717, 1.165) is 5.76 Å². The number of alkyl carbamates (subject to hydrolysis) is 1. The molecule has 0 saturated heterocycles. The number of carbonyl (C=O) groups excluding carboxylic acids is 1. The van der Waals surface area contributed by atoms with Crippen molar-refractivity contribution in [3.8, 4) is 0 Å². The molecule has 0 saturated carbocycles. The molecule has 0 fully saturated rings. The number of carbonyl (C=O) groups is 1. The molecule has 174 valence electrons. The number of hydrogen-bond donors (Lipinski definition) is 4. The van der Waals surface area contributed by atoms with Gasteiger partial charge in [0.25, 0.3) is 0 Å². The number of hydrogen-bond acceptors (Lipinski definition) is 5. The summed E-state index contributed by atoms with van der Waals surface area (Å²) in [5.74, 6) is 1.95. The van der Waals surface area contributed by atoms with Gasteiger partial charge >= 0.3 is 6.09 Å². The molecule has 0 spiro atoms. The number of furan rings is 1. The molecule has 1 amide bonds. The van der Waals surface area contributed by atoms with Crippen molar-refractivity contribution in [1.29, 1.82) is 0 Å². The molecule has 4 N–H and O–H groups in total. The number of guanidine groups is 1. The molecular weight excluding hydrogens is 499 g/mol. The predicted octanol–water partition coefficient (Wildman–Crippen LogP) is 3.52. The van der Waals surface area contributed by atoms with Crippen LogP contribution in [-0.4, -0.2) is 48.4 Å². The zero-order chi connectivity index (χ0) is 22.2. The normalized spacial score (nSPS) is 15.1. The van der Waals surface area contributed by atoms with Gasteiger partial charge in [0.15, 0.2) is 5.96 Å². The van der Waals surface area contributed by atoms with Gasteiger partial charge in [0.05, 0.1) is 12.6 Å². The monoisotopic (exact) mass is 538 g/mol. The van der Waals surface area contributed by atoms with Crippen LogP contribution in [0.2, 0.25) is 0 Å². The highest BCUT2D eigenvalue weighted by molar-refractivity contribution is 14.0. The number of halogens is 1. The highest BCUT2D eigenvalue weighted by Gasteiger charge is 2.27. The molecule has 8 nitrogen and oxygen atoms in total. The molecule has 2 atom stereocenters. The van der Waals surface area contributed by atoms with Crippen LogP contribution < -0.4 is 16.0 Å². The lowest BCUT2D eigenvalue weighted by atomic mass is 10.0. The second-order valence-corrected chi connectivity index (χ2v) is 8.76. The predicted molar refractivity (Wildman–Crippen MR) is 130 cm³/mol. The second kappa shape index (κ2) is 12.4. The molecule has 1 rings (SSSR count). The fourth-order valence-corrected chi connectivity index (χ4v) is 2.50. The smallest absolute Gasteiger partial charge is 0.407 e. The molecule has 0 radical (unpaired) electrons. The molecule has 0 bridgehead atoms.